The number of H-pyrrole nitrogens is 1. The van der Waals surface area contributed by atoms with Gasteiger partial charge >= 0.3 is 0 Å². The van der Waals surface area contributed by atoms with Gasteiger partial charge < -0.3 is 25.2 Å². The average Bonchev–Trinajstić information content (AvgIpc) is 3.59. The van der Waals surface area contributed by atoms with Crippen molar-refractivity contribution in [3.05, 3.63) is 52.7 Å². The molecule has 198 valence electrons. The molecule has 0 aliphatic carbocycles. The van der Waals surface area contributed by atoms with Crippen LogP contribution in [0, 0.1) is 0 Å². The number of aromatic hydroxyl groups is 1. The highest BCUT2D eigenvalue weighted by atomic mass is 32.1. The van der Waals surface area contributed by atoms with Gasteiger partial charge in [-0.1, -0.05) is 12.1 Å². The topological polar surface area (TPSA) is 93.2 Å². The van der Waals surface area contributed by atoms with Crippen molar-refractivity contribution in [2.45, 2.75) is 57.0 Å². The summed E-state index contributed by atoms with van der Waals surface area (Å²) in [5.41, 5.74) is 4.70. The van der Waals surface area contributed by atoms with Crippen LogP contribution in [0.4, 0.5) is 5.13 Å². The van der Waals surface area contributed by atoms with Gasteiger partial charge in [-0.3, -0.25) is 0 Å². The molecule has 8 nitrogen and oxygen atoms in total. The van der Waals surface area contributed by atoms with Crippen molar-refractivity contribution in [2.24, 2.45) is 0 Å². The number of phenols is 1. The van der Waals surface area contributed by atoms with Crippen molar-refractivity contribution < 1.29 is 5.11 Å². The number of anilines is 1. The van der Waals surface area contributed by atoms with Crippen LogP contribution in [0.25, 0.3) is 22.3 Å². The van der Waals surface area contributed by atoms with Crippen LogP contribution in [-0.4, -0.2) is 68.9 Å². The minimum Gasteiger partial charge on any atom is -0.507 e. The van der Waals surface area contributed by atoms with E-state index in [0.29, 0.717) is 17.2 Å². The highest BCUT2D eigenvalue weighted by Crippen LogP contribution is 2.42. The van der Waals surface area contributed by atoms with Gasteiger partial charge in [0.25, 0.3) is 0 Å². The highest BCUT2D eigenvalue weighted by molar-refractivity contribution is 7.15. The number of aromatic amines is 1. The molecule has 0 radical (unpaired) electrons. The number of para-hydroxylation sites is 1. The highest BCUT2D eigenvalue weighted by Gasteiger charge is 2.32. The summed E-state index contributed by atoms with van der Waals surface area (Å²) < 4.78 is 0. The Balaban J connectivity index is 1.11. The molecule has 6 heterocycles. The van der Waals surface area contributed by atoms with Crippen LogP contribution in [0.5, 0.6) is 5.75 Å². The van der Waals surface area contributed by atoms with Crippen molar-refractivity contribution in [1.29, 1.82) is 0 Å². The maximum atomic E-state index is 10.4. The van der Waals surface area contributed by atoms with Gasteiger partial charge in [0.05, 0.1) is 11.7 Å². The number of thiazole rings is 1. The Hall–Kier alpha value is -3.01. The Bertz CT molecular complexity index is 1430. The van der Waals surface area contributed by atoms with Crippen molar-refractivity contribution in [1.82, 2.24) is 30.4 Å². The van der Waals surface area contributed by atoms with E-state index in [0.717, 1.165) is 48.3 Å². The first-order valence-electron chi connectivity index (χ1n) is 14.0. The number of hydrogen-bond donors (Lipinski definition) is 3. The maximum absolute atomic E-state index is 10.4. The molecule has 3 aromatic heterocycles. The Morgan fingerprint density at radius 3 is 2.66 bits per heavy atom. The van der Waals surface area contributed by atoms with Crippen LogP contribution in [-0.2, 0) is 6.42 Å². The van der Waals surface area contributed by atoms with E-state index in [1.165, 1.54) is 54.9 Å². The van der Waals surface area contributed by atoms with Crippen LogP contribution in [0.2, 0.25) is 0 Å². The molecule has 2 saturated heterocycles. The molecule has 0 bridgehead atoms. The van der Waals surface area contributed by atoms with E-state index in [1.54, 1.807) is 6.07 Å². The first kappa shape index (κ1) is 24.1. The number of likely N-dealkylation sites (tertiary alicyclic amines) is 1. The van der Waals surface area contributed by atoms with E-state index in [9.17, 15) is 5.11 Å². The predicted molar refractivity (Wildman–Crippen MR) is 152 cm³/mol. The van der Waals surface area contributed by atoms with E-state index in [2.05, 4.69) is 49.5 Å². The number of nitrogens with zero attached hydrogens (tertiary/aromatic N) is 5. The number of fused-ring (bicyclic) bond motifs is 3. The number of rotatable bonds is 4. The van der Waals surface area contributed by atoms with Gasteiger partial charge in [-0.2, -0.15) is 0 Å². The number of hydrogen-bond acceptors (Lipinski definition) is 8. The molecule has 0 amide bonds. The SMILES string of the molecule is C[C@H]1c2c([nH]c3nnc(-c4ccccc4O)cc23)CCN1c1ncc(C2CCN(C3CCNCC3)CC2)s1. The summed E-state index contributed by atoms with van der Waals surface area (Å²) in [5.74, 6) is 0.844. The lowest BCUT2D eigenvalue weighted by molar-refractivity contribution is 0.127. The standard InChI is InChI=1S/C29H35N7OS/c1-18-27-22-16-24(21-4-2-3-5-25(21)37)33-34-28(22)32-23(27)10-15-36(18)29-31-17-26(38-29)19-8-13-35(14-9-19)20-6-11-30-12-7-20/h2-5,16-20,30,37H,6-15H2,1H3,(H,32,34)/t18-/m0/s1. The van der Waals surface area contributed by atoms with Crippen molar-refractivity contribution >= 4 is 27.5 Å². The van der Waals surface area contributed by atoms with E-state index in [1.807, 2.05) is 29.5 Å². The summed E-state index contributed by atoms with van der Waals surface area (Å²) in [6.07, 6.45) is 8.12. The third-order valence-corrected chi connectivity index (χ3v) is 10.1. The van der Waals surface area contributed by atoms with Gasteiger partial charge in [0.15, 0.2) is 10.8 Å². The van der Waals surface area contributed by atoms with Crippen molar-refractivity contribution in [3.63, 3.8) is 0 Å². The van der Waals surface area contributed by atoms with Gasteiger partial charge in [0.1, 0.15) is 5.75 Å². The first-order chi connectivity index (χ1) is 18.7. The number of benzene rings is 1. The second-order valence-corrected chi connectivity index (χ2v) is 12.0. The summed E-state index contributed by atoms with van der Waals surface area (Å²) >= 11 is 1.89. The fourth-order valence-corrected chi connectivity index (χ4v) is 7.91. The molecular formula is C29H35N7OS. The normalized spacial score (nSPS) is 21.7. The first-order valence-corrected chi connectivity index (χ1v) is 14.8. The number of nitrogens with one attached hydrogen (secondary N) is 2. The summed E-state index contributed by atoms with van der Waals surface area (Å²) in [4.78, 5) is 15.1. The van der Waals surface area contributed by atoms with Crippen LogP contribution >= 0.6 is 11.3 Å². The van der Waals surface area contributed by atoms with E-state index in [4.69, 9.17) is 4.98 Å². The van der Waals surface area contributed by atoms with Crippen LogP contribution in [0.1, 0.15) is 60.7 Å². The molecule has 38 heavy (non-hydrogen) atoms. The smallest absolute Gasteiger partial charge is 0.186 e. The predicted octanol–water partition coefficient (Wildman–Crippen LogP) is 4.84. The fourth-order valence-electron chi connectivity index (χ4n) is 6.72. The van der Waals surface area contributed by atoms with Gasteiger partial charge in [0, 0.05) is 52.3 Å². The molecule has 3 aliphatic rings. The largest absolute Gasteiger partial charge is 0.507 e. The van der Waals surface area contributed by atoms with Crippen molar-refractivity contribution in [3.8, 4) is 17.0 Å². The second kappa shape index (κ2) is 9.94. The van der Waals surface area contributed by atoms with Crippen molar-refractivity contribution in [2.75, 3.05) is 37.6 Å². The zero-order chi connectivity index (χ0) is 25.6. The maximum Gasteiger partial charge on any atom is 0.186 e. The van der Waals surface area contributed by atoms with Gasteiger partial charge in [-0.25, -0.2) is 4.98 Å². The second-order valence-electron chi connectivity index (χ2n) is 11.0. The lowest BCUT2D eigenvalue weighted by atomic mass is 9.93. The van der Waals surface area contributed by atoms with E-state index in [-0.39, 0.29) is 11.8 Å². The van der Waals surface area contributed by atoms with Crippen LogP contribution in [0.15, 0.2) is 36.5 Å². The number of phenolic OH excluding ortho intramolecular Hbond substituents is 1. The fraction of sp³-hybridized carbons (Fsp3) is 0.483. The zero-order valence-electron chi connectivity index (χ0n) is 21.9. The lowest BCUT2D eigenvalue weighted by Gasteiger charge is -2.39. The summed E-state index contributed by atoms with van der Waals surface area (Å²) in [6, 6.07) is 10.3. The summed E-state index contributed by atoms with van der Waals surface area (Å²) in [5, 5.41) is 24.9. The monoisotopic (exact) mass is 529 g/mol. The Labute approximate surface area is 227 Å². The molecule has 1 atom stereocenters. The summed E-state index contributed by atoms with van der Waals surface area (Å²) in [7, 11) is 0. The molecule has 0 saturated carbocycles. The molecule has 9 heteroatoms. The molecule has 0 spiro atoms. The number of aromatic nitrogens is 4. The van der Waals surface area contributed by atoms with Gasteiger partial charge in [-0.15, -0.1) is 21.5 Å². The minimum atomic E-state index is 0.176. The molecule has 7 rings (SSSR count). The molecule has 1 aromatic carbocycles. The third kappa shape index (κ3) is 4.26. The molecule has 4 aromatic rings. The van der Waals surface area contributed by atoms with Gasteiger partial charge in [-0.05, 0) is 82.9 Å². The molecular weight excluding hydrogens is 494 g/mol. The zero-order valence-corrected chi connectivity index (χ0v) is 22.7. The Morgan fingerprint density at radius 1 is 1.03 bits per heavy atom. The van der Waals surface area contributed by atoms with E-state index >= 15 is 0 Å². The van der Waals surface area contributed by atoms with Gasteiger partial charge in [0.2, 0.25) is 0 Å². The Morgan fingerprint density at radius 2 is 1.84 bits per heavy atom. The minimum absolute atomic E-state index is 0.176. The van der Waals surface area contributed by atoms with Crippen LogP contribution in [0.3, 0.4) is 0 Å². The molecule has 3 N–H and O–H groups in total. The Kier molecular flexibility index (Phi) is 6.30. The summed E-state index contributed by atoms with van der Waals surface area (Å²) in [6.45, 7) is 7.95. The lowest BCUT2D eigenvalue weighted by Crippen LogP contribution is -2.46. The molecule has 3 aliphatic heterocycles. The molecule has 0 unspecified atom stereocenters. The third-order valence-electron chi connectivity index (χ3n) is 8.86. The van der Waals surface area contributed by atoms with E-state index < -0.39 is 0 Å². The molecule has 2 fully saturated rings. The number of piperidine rings is 2. The average molecular weight is 530 g/mol. The van der Waals surface area contributed by atoms with Crippen LogP contribution < -0.4 is 10.2 Å². The quantitative estimate of drug-likeness (QED) is 0.348.